The van der Waals surface area contributed by atoms with Crippen LogP contribution in [0.4, 0.5) is 0 Å². The highest BCUT2D eigenvalue weighted by Gasteiger charge is 2.18. The van der Waals surface area contributed by atoms with E-state index in [1.54, 1.807) is 6.08 Å². The fourth-order valence-corrected chi connectivity index (χ4v) is 11.1. The van der Waals surface area contributed by atoms with E-state index in [1.165, 1.54) is 327 Å². The van der Waals surface area contributed by atoms with Crippen molar-refractivity contribution in [3.63, 3.8) is 0 Å². The Morgan fingerprint density at radius 3 is 0.907 bits per heavy atom. The maximum Gasteiger partial charge on any atom is 0.305 e. The Morgan fingerprint density at radius 1 is 0.360 bits per heavy atom. The number of carbonyl (C=O) groups is 2. The Balaban J connectivity index is 3.35. The van der Waals surface area contributed by atoms with Crippen LogP contribution in [0.5, 0.6) is 0 Å². The number of carbonyl (C=O) groups excluding carboxylic acids is 2. The molecule has 6 heteroatoms. The summed E-state index contributed by atoms with van der Waals surface area (Å²) in [6, 6.07) is -0.624. The summed E-state index contributed by atoms with van der Waals surface area (Å²) >= 11 is 0. The van der Waals surface area contributed by atoms with Crippen molar-refractivity contribution in [1.29, 1.82) is 0 Å². The lowest BCUT2D eigenvalue weighted by molar-refractivity contribution is -0.143. The van der Waals surface area contributed by atoms with Gasteiger partial charge in [-0.2, -0.15) is 0 Å². The van der Waals surface area contributed by atoms with E-state index in [2.05, 4.69) is 19.2 Å². The number of hydrogen-bond acceptors (Lipinski definition) is 5. The van der Waals surface area contributed by atoms with Crippen molar-refractivity contribution >= 4 is 11.9 Å². The molecule has 0 aliphatic carbocycles. The highest BCUT2D eigenvalue weighted by Crippen LogP contribution is 2.19. The second kappa shape index (κ2) is 65.1. The predicted octanol–water partition coefficient (Wildman–Crippen LogP) is 22.0. The first kappa shape index (κ1) is 73.6. The van der Waals surface area contributed by atoms with Gasteiger partial charge in [0.05, 0.1) is 25.4 Å². The second-order valence-corrected chi connectivity index (χ2v) is 23.9. The Hall–Kier alpha value is -1.40. The first-order chi connectivity index (χ1) is 37.0. The third-order valence-electron chi connectivity index (χ3n) is 16.3. The number of aliphatic hydroxyl groups excluding tert-OH is 2. The molecule has 0 saturated carbocycles. The van der Waals surface area contributed by atoms with Crippen LogP contribution >= 0.6 is 0 Å². The van der Waals surface area contributed by atoms with Crippen LogP contribution in [0.25, 0.3) is 0 Å². The van der Waals surface area contributed by atoms with Gasteiger partial charge in [-0.25, -0.2) is 0 Å². The maximum atomic E-state index is 12.5. The normalized spacial score (nSPS) is 12.5. The lowest BCUT2D eigenvalue weighted by Crippen LogP contribution is -2.45. The molecule has 2 unspecified atom stereocenters. The van der Waals surface area contributed by atoms with Crippen LogP contribution < -0.4 is 5.32 Å². The molecule has 0 aliphatic rings. The summed E-state index contributed by atoms with van der Waals surface area (Å²) in [5.41, 5.74) is 0. The Kier molecular flexibility index (Phi) is 63.9. The van der Waals surface area contributed by atoms with Crippen molar-refractivity contribution in [1.82, 2.24) is 5.32 Å². The zero-order chi connectivity index (χ0) is 54.3. The molecule has 6 nitrogen and oxygen atoms in total. The highest BCUT2D eigenvalue weighted by atomic mass is 16.5. The zero-order valence-electron chi connectivity index (χ0n) is 51.1. The number of unbranched alkanes of at least 4 members (excludes halogenated alkanes) is 54. The van der Waals surface area contributed by atoms with E-state index in [4.69, 9.17) is 4.74 Å². The van der Waals surface area contributed by atoms with E-state index in [0.717, 1.165) is 38.5 Å². The van der Waals surface area contributed by atoms with E-state index >= 15 is 0 Å². The summed E-state index contributed by atoms with van der Waals surface area (Å²) in [4.78, 5) is 24.5. The van der Waals surface area contributed by atoms with Crippen LogP contribution in [-0.4, -0.2) is 47.4 Å². The van der Waals surface area contributed by atoms with Crippen molar-refractivity contribution < 1.29 is 24.5 Å². The number of amides is 1. The van der Waals surface area contributed by atoms with Crippen LogP contribution in [0, 0.1) is 0 Å². The molecule has 0 fully saturated rings. The fraction of sp³-hybridized carbons (Fsp3) is 0.942. The van der Waals surface area contributed by atoms with Crippen LogP contribution in [0.3, 0.4) is 0 Å². The van der Waals surface area contributed by atoms with E-state index in [1.807, 2.05) is 6.08 Å². The Morgan fingerprint density at radius 2 is 0.613 bits per heavy atom. The fourth-order valence-electron chi connectivity index (χ4n) is 11.1. The van der Waals surface area contributed by atoms with Gasteiger partial charge in [0, 0.05) is 12.8 Å². The van der Waals surface area contributed by atoms with Gasteiger partial charge in [0.1, 0.15) is 0 Å². The van der Waals surface area contributed by atoms with Crippen molar-refractivity contribution in [3.8, 4) is 0 Å². The zero-order valence-corrected chi connectivity index (χ0v) is 51.1. The van der Waals surface area contributed by atoms with Crippen LogP contribution in [0.1, 0.15) is 393 Å². The molecule has 75 heavy (non-hydrogen) atoms. The Labute approximate surface area is 469 Å². The van der Waals surface area contributed by atoms with Gasteiger partial charge in [0.2, 0.25) is 5.91 Å². The van der Waals surface area contributed by atoms with E-state index in [-0.39, 0.29) is 18.5 Å². The molecule has 0 saturated heterocycles. The summed E-state index contributed by atoms with van der Waals surface area (Å²) in [6.07, 6.45) is 80.0. The van der Waals surface area contributed by atoms with Crippen LogP contribution in [0.2, 0.25) is 0 Å². The number of hydrogen-bond donors (Lipinski definition) is 3. The number of aliphatic hydroxyl groups is 2. The van der Waals surface area contributed by atoms with Gasteiger partial charge in [-0.3, -0.25) is 9.59 Å². The van der Waals surface area contributed by atoms with Crippen LogP contribution in [0.15, 0.2) is 12.2 Å². The van der Waals surface area contributed by atoms with Crippen molar-refractivity contribution in [2.24, 2.45) is 0 Å². The minimum atomic E-state index is -0.841. The van der Waals surface area contributed by atoms with E-state index in [9.17, 15) is 19.8 Å². The summed E-state index contributed by atoms with van der Waals surface area (Å²) in [5, 5.41) is 23.2. The average molecular weight is 1060 g/mol. The summed E-state index contributed by atoms with van der Waals surface area (Å²) < 4.78 is 5.48. The average Bonchev–Trinajstić information content (AvgIpc) is 3.41. The molecule has 0 heterocycles. The molecule has 3 N–H and O–H groups in total. The standard InChI is InChI=1S/C69H135NO5/c1-3-5-7-9-11-13-15-16-17-32-35-38-42-45-49-53-57-61-67(72)66(65-71)70-68(73)62-58-54-50-46-43-39-36-33-30-28-26-24-22-20-18-19-21-23-25-27-29-31-34-37-40-44-48-52-56-60-64-75-69(74)63-59-55-51-47-41-14-12-10-8-6-4-2/h57,61,66-67,71-72H,3-56,58-60,62-65H2,1-2H3,(H,70,73)/b61-57+. The molecular formula is C69H135NO5. The maximum absolute atomic E-state index is 12.5. The third kappa shape index (κ3) is 61.7. The minimum absolute atomic E-state index is 0.0202. The molecule has 0 aromatic heterocycles. The molecule has 0 radical (unpaired) electrons. The molecule has 0 spiro atoms. The second-order valence-electron chi connectivity index (χ2n) is 23.9. The van der Waals surface area contributed by atoms with Crippen molar-refractivity contribution in [3.05, 3.63) is 12.2 Å². The molecule has 0 aromatic carbocycles. The SMILES string of the molecule is CCCCCCCCCCCCCCCCC/C=C/C(O)C(CO)NC(=O)CCCCCCCCCCCCCCCCCCCCCCCCCCCCCCCCOC(=O)CCCCCCCCCCCCC. The largest absolute Gasteiger partial charge is 0.466 e. The summed E-state index contributed by atoms with van der Waals surface area (Å²) in [5.74, 6) is -0.0404. The molecule has 0 bridgehead atoms. The lowest BCUT2D eigenvalue weighted by Gasteiger charge is -2.20. The number of nitrogens with one attached hydrogen (secondary N) is 1. The first-order valence-corrected chi connectivity index (χ1v) is 34.5. The summed E-state index contributed by atoms with van der Waals surface area (Å²) in [7, 11) is 0. The van der Waals surface area contributed by atoms with E-state index < -0.39 is 12.1 Å². The van der Waals surface area contributed by atoms with Gasteiger partial charge < -0.3 is 20.3 Å². The van der Waals surface area contributed by atoms with Gasteiger partial charge in [0.15, 0.2) is 0 Å². The number of ether oxygens (including phenoxy) is 1. The molecule has 2 atom stereocenters. The lowest BCUT2D eigenvalue weighted by atomic mass is 10.0. The molecule has 0 aromatic rings. The van der Waals surface area contributed by atoms with Crippen molar-refractivity contribution in [2.75, 3.05) is 13.2 Å². The molecule has 1 amide bonds. The predicted molar refractivity (Wildman–Crippen MR) is 329 cm³/mol. The van der Waals surface area contributed by atoms with Gasteiger partial charge in [-0.15, -0.1) is 0 Å². The molecule has 0 aliphatic heterocycles. The van der Waals surface area contributed by atoms with Gasteiger partial charge in [-0.1, -0.05) is 360 Å². The quantitative estimate of drug-likeness (QED) is 0.0320. The molecule has 446 valence electrons. The monoisotopic (exact) mass is 1060 g/mol. The smallest absolute Gasteiger partial charge is 0.305 e. The number of rotatable bonds is 65. The van der Waals surface area contributed by atoms with Gasteiger partial charge in [0.25, 0.3) is 0 Å². The van der Waals surface area contributed by atoms with Crippen LogP contribution in [-0.2, 0) is 14.3 Å². The van der Waals surface area contributed by atoms with Gasteiger partial charge >= 0.3 is 5.97 Å². The minimum Gasteiger partial charge on any atom is -0.466 e. The number of esters is 1. The first-order valence-electron chi connectivity index (χ1n) is 34.5. The van der Waals surface area contributed by atoms with Crippen molar-refractivity contribution in [2.45, 2.75) is 405 Å². The topological polar surface area (TPSA) is 95.9 Å². The number of allylic oxidation sites excluding steroid dienone is 1. The summed E-state index contributed by atoms with van der Waals surface area (Å²) in [6.45, 7) is 4.94. The highest BCUT2D eigenvalue weighted by molar-refractivity contribution is 5.76. The molecular weight excluding hydrogens is 923 g/mol. The van der Waals surface area contributed by atoms with E-state index in [0.29, 0.717) is 19.4 Å². The third-order valence-corrected chi connectivity index (χ3v) is 16.3. The van der Waals surface area contributed by atoms with Gasteiger partial charge in [-0.05, 0) is 32.1 Å². The molecule has 0 rings (SSSR count). The Bertz CT molecular complexity index is 1130.